The normalized spacial score (nSPS) is 39.7. The van der Waals surface area contributed by atoms with Crippen molar-refractivity contribution in [2.45, 2.75) is 68.5 Å². The third-order valence-electron chi connectivity index (χ3n) is 7.14. The van der Waals surface area contributed by atoms with E-state index in [9.17, 15) is 28.2 Å². The lowest BCUT2D eigenvalue weighted by molar-refractivity contribution is -0.130. The van der Waals surface area contributed by atoms with Crippen LogP contribution in [0.3, 0.4) is 0 Å². The molecule has 0 heterocycles. The summed E-state index contributed by atoms with van der Waals surface area (Å²) in [7, 11) is 0. The molecule has 2 bridgehead atoms. The first-order valence-corrected chi connectivity index (χ1v) is 10.2. The van der Waals surface area contributed by atoms with E-state index < -0.39 is 64.4 Å². The fraction of sp³-hybridized carbons (Fsp3) is 0.650. The minimum absolute atomic E-state index is 0.0292. The van der Waals surface area contributed by atoms with Crippen molar-refractivity contribution in [3.8, 4) is 0 Å². The van der Waals surface area contributed by atoms with E-state index in [0.717, 1.165) is 12.1 Å². The maximum absolute atomic E-state index is 14.9. The molecule has 2 unspecified atom stereocenters. The van der Waals surface area contributed by atoms with Gasteiger partial charge in [-0.05, 0) is 56.1 Å². The van der Waals surface area contributed by atoms with Crippen molar-refractivity contribution in [1.29, 1.82) is 0 Å². The highest BCUT2D eigenvalue weighted by atomic mass is 35.5. The van der Waals surface area contributed by atoms with Gasteiger partial charge in [0.05, 0.1) is 29.2 Å². The topological polar surface area (TPSA) is 95.6 Å². The molecule has 1 aromatic rings. The van der Waals surface area contributed by atoms with Crippen LogP contribution in [-0.2, 0) is 4.79 Å². The van der Waals surface area contributed by atoms with E-state index in [4.69, 9.17) is 17.3 Å². The molecule has 0 aliphatic heterocycles. The van der Waals surface area contributed by atoms with Gasteiger partial charge in [0.1, 0.15) is 17.3 Å². The van der Waals surface area contributed by atoms with Crippen LogP contribution in [0.2, 0.25) is 5.02 Å². The van der Waals surface area contributed by atoms with Gasteiger partial charge < -0.3 is 21.3 Å². The molecular weight excluding hydrogens is 409 g/mol. The molecule has 3 aliphatic carbocycles. The lowest BCUT2D eigenvalue weighted by atomic mass is 9.74. The summed E-state index contributed by atoms with van der Waals surface area (Å²) >= 11 is 5.87. The third-order valence-corrected chi connectivity index (χ3v) is 7.43. The standard InChI is InChI=1S/C20H24ClF3N2O3/c21-10-1-2-11(22)13(14(10)23)17(19-3-5-20(24,8-19)6-4-19)26-18(29)9-7-12(25)16(28)15(9)27/h1-2,9,12,15-17,27-28H,3-8,25H2,(H,26,29)/t9-,12-,15?,16?,17+,19?,20?/m0/s1. The monoisotopic (exact) mass is 432 g/mol. The number of aliphatic hydroxyl groups is 2. The van der Waals surface area contributed by atoms with Crippen molar-refractivity contribution in [3.05, 3.63) is 34.4 Å². The van der Waals surface area contributed by atoms with Crippen LogP contribution in [0.25, 0.3) is 0 Å². The van der Waals surface area contributed by atoms with Gasteiger partial charge in [-0.2, -0.15) is 0 Å². The molecule has 1 aromatic carbocycles. The number of nitrogens with one attached hydrogen (secondary N) is 1. The second kappa shape index (κ2) is 7.11. The highest BCUT2D eigenvalue weighted by molar-refractivity contribution is 6.30. The average Bonchev–Trinajstić information content (AvgIpc) is 3.29. The lowest BCUT2D eigenvalue weighted by Crippen LogP contribution is -2.45. The minimum Gasteiger partial charge on any atom is -0.390 e. The van der Waals surface area contributed by atoms with Crippen molar-refractivity contribution in [3.63, 3.8) is 0 Å². The van der Waals surface area contributed by atoms with Crippen LogP contribution < -0.4 is 11.1 Å². The number of alkyl halides is 1. The number of benzene rings is 1. The number of nitrogens with two attached hydrogens (primary N) is 1. The maximum atomic E-state index is 14.9. The van der Waals surface area contributed by atoms with Gasteiger partial charge in [-0.3, -0.25) is 4.79 Å². The fourth-order valence-electron chi connectivity index (χ4n) is 5.48. The van der Waals surface area contributed by atoms with Gasteiger partial charge in [-0.15, -0.1) is 0 Å². The van der Waals surface area contributed by atoms with E-state index >= 15 is 0 Å². The van der Waals surface area contributed by atoms with Gasteiger partial charge in [0.15, 0.2) is 0 Å². The Bertz CT molecular complexity index is 831. The average molecular weight is 433 g/mol. The third kappa shape index (κ3) is 3.34. The predicted octanol–water partition coefficient (Wildman–Crippen LogP) is 2.52. The number of carbonyl (C=O) groups excluding carboxylic acids is 1. The first-order valence-electron chi connectivity index (χ1n) is 9.81. The molecule has 5 atom stereocenters. The predicted molar refractivity (Wildman–Crippen MR) is 99.7 cm³/mol. The van der Waals surface area contributed by atoms with Crippen LogP contribution in [0.4, 0.5) is 13.2 Å². The van der Waals surface area contributed by atoms with E-state index in [1.807, 2.05) is 0 Å². The zero-order valence-corrected chi connectivity index (χ0v) is 16.4. The quantitative estimate of drug-likeness (QED) is 0.550. The number of aliphatic hydroxyl groups excluding tert-OH is 2. The Morgan fingerprint density at radius 2 is 1.86 bits per heavy atom. The molecule has 160 valence electrons. The zero-order valence-electron chi connectivity index (χ0n) is 15.7. The van der Waals surface area contributed by atoms with Crippen molar-refractivity contribution in [1.82, 2.24) is 5.32 Å². The molecule has 3 fully saturated rings. The molecule has 29 heavy (non-hydrogen) atoms. The Hall–Kier alpha value is -1.35. The molecule has 3 saturated carbocycles. The Morgan fingerprint density at radius 1 is 1.21 bits per heavy atom. The van der Waals surface area contributed by atoms with Crippen LogP contribution in [0.5, 0.6) is 0 Å². The molecule has 0 spiro atoms. The minimum atomic E-state index is -1.40. The van der Waals surface area contributed by atoms with E-state index in [0.29, 0.717) is 12.8 Å². The summed E-state index contributed by atoms with van der Waals surface area (Å²) < 4.78 is 44.5. The Balaban J connectivity index is 1.71. The summed E-state index contributed by atoms with van der Waals surface area (Å²) in [6, 6.07) is 0.182. The summed E-state index contributed by atoms with van der Waals surface area (Å²) in [5, 5.41) is 22.4. The van der Waals surface area contributed by atoms with Crippen LogP contribution in [0.15, 0.2) is 12.1 Å². The van der Waals surface area contributed by atoms with E-state index in [1.54, 1.807) is 0 Å². The number of fused-ring (bicyclic) bond motifs is 2. The second-order valence-corrected chi connectivity index (χ2v) is 9.28. The van der Waals surface area contributed by atoms with E-state index in [2.05, 4.69) is 5.32 Å². The summed E-state index contributed by atoms with van der Waals surface area (Å²) in [6.07, 6.45) is -1.27. The molecule has 0 radical (unpaired) electrons. The number of amides is 1. The Labute approximate surface area is 171 Å². The molecule has 5 nitrogen and oxygen atoms in total. The summed E-state index contributed by atoms with van der Waals surface area (Å²) in [6.45, 7) is 0. The van der Waals surface area contributed by atoms with Crippen molar-refractivity contribution >= 4 is 17.5 Å². The van der Waals surface area contributed by atoms with Crippen LogP contribution in [0.1, 0.15) is 50.1 Å². The molecule has 3 aliphatic rings. The number of hydrogen-bond acceptors (Lipinski definition) is 4. The van der Waals surface area contributed by atoms with Crippen molar-refractivity contribution in [2.24, 2.45) is 17.1 Å². The van der Waals surface area contributed by atoms with E-state index in [1.165, 1.54) is 0 Å². The number of rotatable bonds is 4. The molecule has 0 saturated heterocycles. The highest BCUT2D eigenvalue weighted by Gasteiger charge is 2.60. The lowest BCUT2D eigenvalue weighted by Gasteiger charge is -2.37. The summed E-state index contributed by atoms with van der Waals surface area (Å²) in [5.41, 5.74) is 3.09. The summed E-state index contributed by atoms with van der Waals surface area (Å²) in [4.78, 5) is 12.9. The number of halogens is 4. The summed E-state index contributed by atoms with van der Waals surface area (Å²) in [5.74, 6) is -3.56. The highest BCUT2D eigenvalue weighted by Crippen LogP contribution is 2.63. The van der Waals surface area contributed by atoms with Crippen molar-refractivity contribution in [2.75, 3.05) is 0 Å². The van der Waals surface area contributed by atoms with Gasteiger partial charge in [0.25, 0.3) is 0 Å². The molecule has 1 amide bonds. The van der Waals surface area contributed by atoms with E-state index in [-0.39, 0.29) is 30.7 Å². The largest absolute Gasteiger partial charge is 0.390 e. The Kier molecular flexibility index (Phi) is 5.13. The number of hydrogen-bond donors (Lipinski definition) is 4. The molecule has 9 heteroatoms. The van der Waals surface area contributed by atoms with Crippen molar-refractivity contribution < 1.29 is 28.2 Å². The van der Waals surface area contributed by atoms with Gasteiger partial charge in [-0.25, -0.2) is 13.2 Å². The van der Waals surface area contributed by atoms with Crippen LogP contribution in [-0.4, -0.2) is 40.0 Å². The van der Waals surface area contributed by atoms with Gasteiger partial charge in [0.2, 0.25) is 5.91 Å². The van der Waals surface area contributed by atoms with Crippen LogP contribution >= 0.6 is 11.6 Å². The smallest absolute Gasteiger partial charge is 0.226 e. The van der Waals surface area contributed by atoms with Crippen LogP contribution in [0, 0.1) is 23.0 Å². The number of carbonyl (C=O) groups is 1. The van der Waals surface area contributed by atoms with Gasteiger partial charge in [-0.1, -0.05) is 11.6 Å². The fourth-order valence-corrected chi connectivity index (χ4v) is 5.65. The second-order valence-electron chi connectivity index (χ2n) is 8.88. The van der Waals surface area contributed by atoms with Gasteiger partial charge in [0, 0.05) is 11.6 Å². The van der Waals surface area contributed by atoms with Gasteiger partial charge >= 0.3 is 0 Å². The zero-order chi connectivity index (χ0) is 21.1. The molecule has 5 N–H and O–H groups in total. The maximum Gasteiger partial charge on any atom is 0.226 e. The SMILES string of the molecule is N[C@H]1C[C@H](C(=O)N[C@H](c2c(F)ccc(Cl)c2F)C23CCC(F)(CC2)C3)C(O)C1O. The molecular formula is C20H24ClF3N2O3. The molecule has 0 aromatic heterocycles. The molecule has 4 rings (SSSR count). The first kappa shape index (κ1) is 20.9. The first-order chi connectivity index (χ1) is 13.6. The Morgan fingerprint density at radius 3 is 2.38 bits per heavy atom.